The second-order valence-electron chi connectivity index (χ2n) is 5.22. The molecule has 0 spiro atoms. The standard InChI is InChI=1S/C13H25N3O4/c1-4-5-15(7-6-14(2)3)13(19)16-8-9-20-11(10-16)12(17)18/h11H,4-10H2,1-3H3,(H,17,18). The molecular formula is C13H25N3O4. The molecule has 1 rings (SSSR count). The lowest BCUT2D eigenvalue weighted by Crippen LogP contribution is -2.53. The van der Waals surface area contributed by atoms with Crippen LogP contribution in [0.15, 0.2) is 0 Å². The summed E-state index contributed by atoms with van der Waals surface area (Å²) in [5.74, 6) is -1.02. The molecule has 0 bridgehead atoms. The molecule has 1 saturated heterocycles. The molecule has 1 aliphatic heterocycles. The lowest BCUT2D eigenvalue weighted by Gasteiger charge is -2.35. The van der Waals surface area contributed by atoms with E-state index in [4.69, 9.17) is 9.84 Å². The maximum absolute atomic E-state index is 12.5. The number of hydrogen-bond donors (Lipinski definition) is 1. The molecule has 2 amide bonds. The first-order chi connectivity index (χ1) is 9.45. The molecule has 1 aliphatic rings. The van der Waals surface area contributed by atoms with Crippen molar-refractivity contribution < 1.29 is 19.4 Å². The van der Waals surface area contributed by atoms with Gasteiger partial charge in [-0.3, -0.25) is 0 Å². The van der Waals surface area contributed by atoms with E-state index in [9.17, 15) is 9.59 Å². The first-order valence-corrected chi connectivity index (χ1v) is 6.98. The van der Waals surface area contributed by atoms with E-state index in [1.54, 1.807) is 9.80 Å². The average molecular weight is 287 g/mol. The van der Waals surface area contributed by atoms with Crippen molar-refractivity contribution in [1.29, 1.82) is 0 Å². The average Bonchev–Trinajstić information content (AvgIpc) is 2.42. The van der Waals surface area contributed by atoms with Crippen LogP contribution >= 0.6 is 0 Å². The van der Waals surface area contributed by atoms with Crippen molar-refractivity contribution >= 4 is 12.0 Å². The smallest absolute Gasteiger partial charge is 0.334 e. The lowest BCUT2D eigenvalue weighted by molar-refractivity contribution is -0.154. The molecule has 0 aromatic carbocycles. The second kappa shape index (κ2) is 8.06. The van der Waals surface area contributed by atoms with E-state index in [0.717, 1.165) is 13.0 Å². The Labute approximate surface area is 120 Å². The van der Waals surface area contributed by atoms with Crippen molar-refractivity contribution in [2.45, 2.75) is 19.4 Å². The Balaban J connectivity index is 2.60. The van der Waals surface area contributed by atoms with Crippen molar-refractivity contribution in [1.82, 2.24) is 14.7 Å². The van der Waals surface area contributed by atoms with Crippen LogP contribution in [-0.4, -0.2) is 91.3 Å². The van der Waals surface area contributed by atoms with Crippen LogP contribution in [0.3, 0.4) is 0 Å². The van der Waals surface area contributed by atoms with E-state index in [2.05, 4.69) is 0 Å². The number of carboxylic acids is 1. The first-order valence-electron chi connectivity index (χ1n) is 6.98. The summed E-state index contributed by atoms with van der Waals surface area (Å²) in [7, 11) is 3.92. The van der Waals surface area contributed by atoms with Crippen molar-refractivity contribution in [3.8, 4) is 0 Å². The van der Waals surface area contributed by atoms with Crippen LogP contribution in [0.5, 0.6) is 0 Å². The number of urea groups is 1. The van der Waals surface area contributed by atoms with E-state index < -0.39 is 12.1 Å². The van der Waals surface area contributed by atoms with Crippen LogP contribution in [-0.2, 0) is 9.53 Å². The third-order valence-electron chi connectivity index (χ3n) is 3.19. The number of carbonyl (C=O) groups is 2. The van der Waals surface area contributed by atoms with Crippen molar-refractivity contribution in [3.63, 3.8) is 0 Å². The number of likely N-dealkylation sites (N-methyl/N-ethyl adjacent to an activating group) is 1. The number of ether oxygens (including phenoxy) is 1. The summed E-state index contributed by atoms with van der Waals surface area (Å²) in [6.45, 7) is 4.99. The summed E-state index contributed by atoms with van der Waals surface area (Å²) in [5, 5.41) is 8.97. The van der Waals surface area contributed by atoms with E-state index in [1.807, 2.05) is 25.9 Å². The van der Waals surface area contributed by atoms with Gasteiger partial charge in [0.2, 0.25) is 0 Å². The molecule has 1 unspecified atom stereocenters. The van der Waals surface area contributed by atoms with E-state index in [0.29, 0.717) is 19.6 Å². The third kappa shape index (κ3) is 4.97. The first kappa shape index (κ1) is 16.7. The topological polar surface area (TPSA) is 73.3 Å². The molecule has 0 aromatic rings. The summed E-state index contributed by atoms with van der Waals surface area (Å²) in [4.78, 5) is 28.8. The zero-order chi connectivity index (χ0) is 15.1. The zero-order valence-electron chi connectivity index (χ0n) is 12.5. The maximum Gasteiger partial charge on any atom is 0.334 e. The van der Waals surface area contributed by atoms with Gasteiger partial charge in [-0.2, -0.15) is 0 Å². The predicted molar refractivity (Wildman–Crippen MR) is 74.8 cm³/mol. The fraction of sp³-hybridized carbons (Fsp3) is 0.846. The Bertz CT molecular complexity index is 336. The molecule has 0 aliphatic carbocycles. The molecule has 1 fully saturated rings. The summed E-state index contributed by atoms with van der Waals surface area (Å²) in [5.41, 5.74) is 0. The van der Waals surface area contributed by atoms with Crippen molar-refractivity contribution in [2.24, 2.45) is 0 Å². The summed E-state index contributed by atoms with van der Waals surface area (Å²) >= 11 is 0. The number of aliphatic carboxylic acids is 1. The highest BCUT2D eigenvalue weighted by Crippen LogP contribution is 2.09. The molecule has 1 heterocycles. The molecule has 116 valence electrons. The molecule has 0 aromatic heterocycles. The number of carboxylic acid groups (broad SMARTS) is 1. The van der Waals surface area contributed by atoms with Crippen molar-refractivity contribution in [2.75, 3.05) is 53.4 Å². The number of amides is 2. The van der Waals surface area contributed by atoms with Gasteiger partial charge in [0.1, 0.15) is 0 Å². The van der Waals surface area contributed by atoms with Crippen molar-refractivity contribution in [3.05, 3.63) is 0 Å². The quantitative estimate of drug-likeness (QED) is 0.753. The Morgan fingerprint density at radius 1 is 1.30 bits per heavy atom. The van der Waals surface area contributed by atoms with E-state index in [1.165, 1.54) is 0 Å². The Morgan fingerprint density at radius 3 is 2.55 bits per heavy atom. The second-order valence-corrected chi connectivity index (χ2v) is 5.22. The fourth-order valence-corrected chi connectivity index (χ4v) is 2.07. The minimum absolute atomic E-state index is 0.0942. The van der Waals surface area contributed by atoms with E-state index in [-0.39, 0.29) is 19.2 Å². The van der Waals surface area contributed by atoms with E-state index >= 15 is 0 Å². The van der Waals surface area contributed by atoms with Crippen LogP contribution in [0, 0.1) is 0 Å². The third-order valence-corrected chi connectivity index (χ3v) is 3.19. The normalized spacial score (nSPS) is 19.2. The predicted octanol–water partition coefficient (Wildman–Crippen LogP) is 0.165. The van der Waals surface area contributed by atoms with Crippen LogP contribution < -0.4 is 0 Å². The summed E-state index contributed by atoms with van der Waals surface area (Å²) < 4.78 is 5.14. The van der Waals surface area contributed by atoms with Gasteiger partial charge in [0.15, 0.2) is 6.10 Å². The molecule has 1 atom stereocenters. The Hall–Kier alpha value is -1.34. The monoisotopic (exact) mass is 287 g/mol. The zero-order valence-corrected chi connectivity index (χ0v) is 12.5. The molecule has 20 heavy (non-hydrogen) atoms. The van der Waals surface area contributed by atoms with Gasteiger partial charge in [0, 0.05) is 26.2 Å². The SMILES string of the molecule is CCCN(CCN(C)C)C(=O)N1CCOC(C(=O)O)C1. The van der Waals surface area contributed by atoms with Gasteiger partial charge in [0.05, 0.1) is 13.2 Å². The molecule has 0 saturated carbocycles. The van der Waals surface area contributed by atoms with Crippen LogP contribution in [0.4, 0.5) is 4.79 Å². The number of morpholine rings is 1. The molecule has 7 heteroatoms. The van der Waals surface area contributed by atoms with Gasteiger partial charge in [-0.15, -0.1) is 0 Å². The number of hydrogen-bond acceptors (Lipinski definition) is 4. The number of nitrogens with zero attached hydrogens (tertiary/aromatic N) is 3. The van der Waals surface area contributed by atoms with Gasteiger partial charge in [-0.1, -0.05) is 6.92 Å². The maximum atomic E-state index is 12.5. The minimum Gasteiger partial charge on any atom is -0.479 e. The van der Waals surface area contributed by atoms with Crippen LogP contribution in [0.2, 0.25) is 0 Å². The fourth-order valence-electron chi connectivity index (χ4n) is 2.07. The highest BCUT2D eigenvalue weighted by molar-refractivity contribution is 5.77. The Kier molecular flexibility index (Phi) is 6.74. The number of carbonyl (C=O) groups excluding carboxylic acids is 1. The summed E-state index contributed by atoms with van der Waals surface area (Å²) in [6, 6.07) is -0.0942. The van der Waals surface area contributed by atoms with Crippen LogP contribution in [0.25, 0.3) is 0 Å². The minimum atomic E-state index is -1.02. The van der Waals surface area contributed by atoms with Gasteiger partial charge in [-0.25, -0.2) is 9.59 Å². The van der Waals surface area contributed by atoms with Crippen LogP contribution in [0.1, 0.15) is 13.3 Å². The highest BCUT2D eigenvalue weighted by Gasteiger charge is 2.30. The molecule has 1 N–H and O–H groups in total. The van der Waals surface area contributed by atoms with Gasteiger partial charge >= 0.3 is 12.0 Å². The molecular weight excluding hydrogens is 262 g/mol. The molecule has 0 radical (unpaired) electrons. The lowest BCUT2D eigenvalue weighted by atomic mass is 10.3. The largest absolute Gasteiger partial charge is 0.479 e. The number of rotatable bonds is 6. The Morgan fingerprint density at radius 2 is 2.00 bits per heavy atom. The highest BCUT2D eigenvalue weighted by atomic mass is 16.5. The molecule has 7 nitrogen and oxygen atoms in total. The van der Waals surface area contributed by atoms with Gasteiger partial charge in [-0.05, 0) is 20.5 Å². The van der Waals surface area contributed by atoms with Gasteiger partial charge in [0.25, 0.3) is 0 Å². The summed E-state index contributed by atoms with van der Waals surface area (Å²) in [6.07, 6.45) is -0.0312. The van der Waals surface area contributed by atoms with Gasteiger partial charge < -0.3 is 24.5 Å².